The third-order valence-corrected chi connectivity index (χ3v) is 3.26. The van der Waals surface area contributed by atoms with E-state index in [2.05, 4.69) is 44.3 Å². The molecule has 0 fully saturated rings. The molecular weight excluding hydrogens is 226 g/mol. The number of methoxy groups -OCH3 is 1. The lowest BCUT2D eigenvalue weighted by atomic mass is 9.95. The Labute approximate surface area is 111 Å². The normalized spacial score (nSPS) is 15.0. The number of nitrogens with zero attached hydrogens (tertiary/aromatic N) is 2. The second-order valence-corrected chi connectivity index (χ2v) is 5.02. The van der Waals surface area contributed by atoms with Crippen molar-refractivity contribution in [3.8, 4) is 0 Å². The number of ether oxygens (including phenoxy) is 1. The Balaban J connectivity index is 2.72. The van der Waals surface area contributed by atoms with Crippen LogP contribution in [0.25, 0.3) is 0 Å². The van der Waals surface area contributed by atoms with Gasteiger partial charge in [0.15, 0.2) is 0 Å². The number of aromatic nitrogens is 2. The second-order valence-electron chi connectivity index (χ2n) is 5.02. The number of rotatable bonds is 8. The van der Waals surface area contributed by atoms with Crippen LogP contribution >= 0.6 is 0 Å². The Morgan fingerprint density at radius 2 is 2.11 bits per heavy atom. The highest BCUT2D eigenvalue weighted by Crippen LogP contribution is 2.15. The van der Waals surface area contributed by atoms with Gasteiger partial charge in [0.05, 0.1) is 12.3 Å². The number of hydrogen-bond acceptors (Lipinski definition) is 3. The van der Waals surface area contributed by atoms with Crippen LogP contribution in [0.1, 0.15) is 33.3 Å². The summed E-state index contributed by atoms with van der Waals surface area (Å²) in [6, 6.07) is 0.342. The van der Waals surface area contributed by atoms with Crippen molar-refractivity contribution in [2.75, 3.05) is 13.7 Å². The predicted octanol–water partition coefficient (Wildman–Crippen LogP) is 2.09. The molecular formula is C14H27N3O. The minimum Gasteiger partial charge on any atom is -0.380 e. The summed E-state index contributed by atoms with van der Waals surface area (Å²) in [5.41, 5.74) is 1.27. The Morgan fingerprint density at radius 3 is 2.56 bits per heavy atom. The number of hydrogen-bond donors (Lipinski definition) is 1. The van der Waals surface area contributed by atoms with Gasteiger partial charge in [-0.2, -0.15) is 5.10 Å². The molecule has 1 heterocycles. The minimum atomic E-state index is 0.231. The molecule has 0 aliphatic heterocycles. The van der Waals surface area contributed by atoms with E-state index < -0.39 is 0 Å². The van der Waals surface area contributed by atoms with E-state index in [9.17, 15) is 0 Å². The summed E-state index contributed by atoms with van der Waals surface area (Å²) in [7, 11) is 1.80. The van der Waals surface area contributed by atoms with Crippen molar-refractivity contribution >= 4 is 0 Å². The first-order valence-electron chi connectivity index (χ1n) is 6.89. The van der Waals surface area contributed by atoms with Crippen molar-refractivity contribution in [3.63, 3.8) is 0 Å². The molecule has 1 rings (SSSR count). The van der Waals surface area contributed by atoms with Crippen molar-refractivity contribution in [3.05, 3.63) is 18.0 Å². The summed E-state index contributed by atoms with van der Waals surface area (Å²) in [6.45, 7) is 10.5. The smallest absolute Gasteiger partial charge is 0.0750 e. The van der Waals surface area contributed by atoms with E-state index in [4.69, 9.17) is 4.74 Å². The fourth-order valence-corrected chi connectivity index (χ4v) is 2.41. The van der Waals surface area contributed by atoms with Crippen molar-refractivity contribution < 1.29 is 4.74 Å². The minimum absolute atomic E-state index is 0.231. The van der Waals surface area contributed by atoms with Gasteiger partial charge in [-0.05, 0) is 31.4 Å². The van der Waals surface area contributed by atoms with Gasteiger partial charge >= 0.3 is 0 Å². The molecule has 104 valence electrons. The summed E-state index contributed by atoms with van der Waals surface area (Å²) in [6.07, 6.45) is 5.28. The first-order chi connectivity index (χ1) is 8.62. The first kappa shape index (κ1) is 15.2. The highest BCUT2D eigenvalue weighted by Gasteiger charge is 2.24. The van der Waals surface area contributed by atoms with Crippen LogP contribution in [0.4, 0.5) is 0 Å². The van der Waals surface area contributed by atoms with E-state index in [0.717, 1.165) is 19.5 Å². The molecule has 2 atom stereocenters. The Bertz CT molecular complexity index is 336. The number of likely N-dealkylation sites (N-methyl/N-ethyl adjacent to an activating group) is 1. The third kappa shape index (κ3) is 4.10. The first-order valence-corrected chi connectivity index (χ1v) is 6.89. The van der Waals surface area contributed by atoms with Crippen LogP contribution in [0.3, 0.4) is 0 Å². The van der Waals surface area contributed by atoms with E-state index in [1.807, 2.05) is 10.9 Å². The van der Waals surface area contributed by atoms with Crippen molar-refractivity contribution in [2.45, 2.75) is 52.8 Å². The largest absolute Gasteiger partial charge is 0.380 e. The average molecular weight is 253 g/mol. The van der Waals surface area contributed by atoms with Gasteiger partial charge in [-0.25, -0.2) is 0 Å². The lowest BCUT2D eigenvalue weighted by molar-refractivity contribution is 0.0337. The topological polar surface area (TPSA) is 39.1 Å². The van der Waals surface area contributed by atoms with Crippen molar-refractivity contribution in [2.24, 2.45) is 5.92 Å². The summed E-state index contributed by atoms with van der Waals surface area (Å²) in [5, 5.41) is 7.85. The quantitative estimate of drug-likeness (QED) is 0.771. The molecule has 4 nitrogen and oxygen atoms in total. The van der Waals surface area contributed by atoms with Gasteiger partial charge in [-0.15, -0.1) is 0 Å². The van der Waals surface area contributed by atoms with Crippen LogP contribution in [0.15, 0.2) is 12.4 Å². The maximum absolute atomic E-state index is 5.64. The van der Waals surface area contributed by atoms with E-state index in [1.165, 1.54) is 5.56 Å². The number of nitrogens with one attached hydrogen (secondary N) is 1. The molecule has 0 saturated carbocycles. The molecule has 1 aromatic heterocycles. The van der Waals surface area contributed by atoms with Gasteiger partial charge in [0.2, 0.25) is 0 Å². The van der Waals surface area contributed by atoms with E-state index in [-0.39, 0.29) is 6.10 Å². The molecule has 0 saturated heterocycles. The van der Waals surface area contributed by atoms with Gasteiger partial charge in [-0.1, -0.05) is 20.8 Å². The van der Waals surface area contributed by atoms with Crippen molar-refractivity contribution in [1.82, 2.24) is 15.1 Å². The fraction of sp³-hybridized carbons (Fsp3) is 0.786. The zero-order valence-electron chi connectivity index (χ0n) is 12.3. The monoisotopic (exact) mass is 253 g/mol. The highest BCUT2D eigenvalue weighted by molar-refractivity contribution is 5.07. The van der Waals surface area contributed by atoms with Gasteiger partial charge in [0.1, 0.15) is 0 Å². The van der Waals surface area contributed by atoms with Crippen LogP contribution in [0, 0.1) is 5.92 Å². The van der Waals surface area contributed by atoms with Crippen LogP contribution in [-0.2, 0) is 17.7 Å². The molecule has 0 radical (unpaired) electrons. The van der Waals surface area contributed by atoms with Gasteiger partial charge < -0.3 is 10.1 Å². The molecule has 0 amide bonds. The zero-order chi connectivity index (χ0) is 13.5. The van der Waals surface area contributed by atoms with Crippen LogP contribution in [-0.4, -0.2) is 35.6 Å². The summed E-state index contributed by atoms with van der Waals surface area (Å²) in [5.74, 6) is 0.500. The van der Waals surface area contributed by atoms with Gasteiger partial charge in [0, 0.05) is 25.9 Å². The molecule has 18 heavy (non-hydrogen) atoms. The molecule has 0 bridgehead atoms. The van der Waals surface area contributed by atoms with Gasteiger partial charge in [0.25, 0.3) is 0 Å². The Hall–Kier alpha value is -0.870. The standard InChI is InChI=1S/C14H27N3O/c1-6-15-13(14(18-5)11(3)4)8-12-9-16-17(7-2)10-12/h9-11,13-15H,6-8H2,1-5H3. The maximum atomic E-state index is 5.64. The molecule has 1 aromatic rings. The molecule has 0 aliphatic rings. The highest BCUT2D eigenvalue weighted by atomic mass is 16.5. The maximum Gasteiger partial charge on any atom is 0.0750 e. The second kappa shape index (κ2) is 7.54. The van der Waals surface area contributed by atoms with Crippen LogP contribution < -0.4 is 5.32 Å². The zero-order valence-corrected chi connectivity index (χ0v) is 12.3. The lowest BCUT2D eigenvalue weighted by Gasteiger charge is -2.29. The molecule has 0 aromatic carbocycles. The lowest BCUT2D eigenvalue weighted by Crippen LogP contribution is -2.45. The van der Waals surface area contributed by atoms with E-state index >= 15 is 0 Å². The SMILES string of the molecule is CCNC(Cc1cnn(CC)c1)C(OC)C(C)C. The summed E-state index contributed by atoms with van der Waals surface area (Å²) < 4.78 is 7.61. The molecule has 1 N–H and O–H groups in total. The molecule has 0 aliphatic carbocycles. The van der Waals surface area contributed by atoms with Crippen molar-refractivity contribution in [1.29, 1.82) is 0 Å². The molecule has 4 heteroatoms. The Kier molecular flexibility index (Phi) is 6.36. The van der Waals surface area contributed by atoms with E-state index in [0.29, 0.717) is 12.0 Å². The summed E-state index contributed by atoms with van der Waals surface area (Å²) in [4.78, 5) is 0. The molecule has 2 unspecified atom stereocenters. The molecule has 0 spiro atoms. The average Bonchev–Trinajstić information content (AvgIpc) is 2.77. The number of aryl methyl sites for hydroxylation is 1. The van der Waals surface area contributed by atoms with Gasteiger partial charge in [-0.3, -0.25) is 4.68 Å². The third-order valence-electron chi connectivity index (χ3n) is 3.26. The van der Waals surface area contributed by atoms with E-state index in [1.54, 1.807) is 7.11 Å². The fourth-order valence-electron chi connectivity index (χ4n) is 2.41. The summed E-state index contributed by atoms with van der Waals surface area (Å²) >= 11 is 0. The Morgan fingerprint density at radius 1 is 1.39 bits per heavy atom. The predicted molar refractivity (Wildman–Crippen MR) is 74.7 cm³/mol. The van der Waals surface area contributed by atoms with Crippen LogP contribution in [0.2, 0.25) is 0 Å². The van der Waals surface area contributed by atoms with Crippen LogP contribution in [0.5, 0.6) is 0 Å².